The monoisotopic (exact) mass is 232 g/mol. The maximum absolute atomic E-state index is 12.2. The summed E-state index contributed by atoms with van der Waals surface area (Å²) in [5, 5.41) is 18.4. The van der Waals surface area contributed by atoms with Gasteiger partial charge in [0.2, 0.25) is 5.66 Å². The molecular formula is C11H12N4O2. The molecule has 3 rings (SSSR count). The first kappa shape index (κ1) is 10.2. The van der Waals surface area contributed by atoms with Crippen molar-refractivity contribution in [2.24, 2.45) is 0 Å². The van der Waals surface area contributed by atoms with Crippen molar-refractivity contribution < 1.29 is 9.90 Å². The van der Waals surface area contributed by atoms with Crippen LogP contribution < -0.4 is 0 Å². The predicted molar refractivity (Wildman–Crippen MR) is 58.1 cm³/mol. The summed E-state index contributed by atoms with van der Waals surface area (Å²) in [6.45, 7) is 0. The zero-order valence-electron chi connectivity index (χ0n) is 9.10. The van der Waals surface area contributed by atoms with Crippen LogP contribution in [0.25, 0.3) is 0 Å². The van der Waals surface area contributed by atoms with Gasteiger partial charge >= 0.3 is 0 Å². The average molecular weight is 232 g/mol. The second-order valence-electron chi connectivity index (χ2n) is 4.11. The van der Waals surface area contributed by atoms with Gasteiger partial charge in [-0.3, -0.25) is 4.79 Å². The second kappa shape index (κ2) is 3.53. The van der Waals surface area contributed by atoms with Crippen LogP contribution in [0.2, 0.25) is 0 Å². The van der Waals surface area contributed by atoms with Crippen molar-refractivity contribution in [2.75, 3.05) is 0 Å². The number of carbonyl (C=O) groups excluding carboxylic acids is 1. The van der Waals surface area contributed by atoms with Gasteiger partial charge in [0, 0.05) is 31.2 Å². The molecule has 0 radical (unpaired) electrons. The molecule has 1 unspecified atom stereocenters. The molecule has 1 N–H and O–H groups in total. The smallest absolute Gasteiger partial charge is 0.237 e. The quantitative estimate of drug-likeness (QED) is 0.791. The molecule has 2 heterocycles. The Bertz CT molecular complexity index is 483. The molecule has 0 aromatic carbocycles. The molecule has 2 aromatic heterocycles. The number of aliphatic hydroxyl groups is 1. The minimum absolute atomic E-state index is 0.0719. The van der Waals surface area contributed by atoms with E-state index in [-0.39, 0.29) is 5.78 Å². The molecular weight excluding hydrogens is 220 g/mol. The maximum atomic E-state index is 12.2. The molecule has 1 fully saturated rings. The summed E-state index contributed by atoms with van der Waals surface area (Å²) in [6.07, 6.45) is 6.48. The van der Waals surface area contributed by atoms with Crippen LogP contribution in [0.5, 0.6) is 0 Å². The van der Waals surface area contributed by atoms with Crippen LogP contribution in [-0.2, 0) is 10.5 Å². The molecule has 1 saturated carbocycles. The lowest BCUT2D eigenvalue weighted by Crippen LogP contribution is -2.53. The first-order chi connectivity index (χ1) is 8.26. The van der Waals surface area contributed by atoms with E-state index < -0.39 is 11.8 Å². The Morgan fingerprint density at radius 2 is 1.82 bits per heavy atom. The molecule has 2 aromatic rings. The fourth-order valence-electron chi connectivity index (χ4n) is 2.45. The molecule has 88 valence electrons. The van der Waals surface area contributed by atoms with Crippen LogP contribution >= 0.6 is 0 Å². The second-order valence-corrected chi connectivity index (χ2v) is 4.11. The third kappa shape index (κ3) is 1.21. The van der Waals surface area contributed by atoms with Gasteiger partial charge in [0.05, 0.1) is 0 Å². The van der Waals surface area contributed by atoms with Crippen molar-refractivity contribution in [2.45, 2.75) is 24.6 Å². The summed E-state index contributed by atoms with van der Waals surface area (Å²) in [5.74, 6) is -0.0719. The number of ketones is 1. The van der Waals surface area contributed by atoms with Crippen molar-refractivity contribution in [1.29, 1.82) is 0 Å². The lowest BCUT2D eigenvalue weighted by Gasteiger charge is -2.31. The van der Waals surface area contributed by atoms with Gasteiger partial charge in [0.1, 0.15) is 6.10 Å². The summed E-state index contributed by atoms with van der Waals surface area (Å²) in [5.41, 5.74) is -1.22. The van der Waals surface area contributed by atoms with E-state index in [1.165, 1.54) is 9.36 Å². The fourth-order valence-corrected chi connectivity index (χ4v) is 2.45. The van der Waals surface area contributed by atoms with E-state index in [9.17, 15) is 9.90 Å². The molecule has 1 aliphatic rings. The van der Waals surface area contributed by atoms with Crippen LogP contribution in [0.3, 0.4) is 0 Å². The van der Waals surface area contributed by atoms with Crippen LogP contribution in [0, 0.1) is 0 Å². The molecule has 0 bridgehead atoms. The third-order valence-electron chi connectivity index (χ3n) is 3.23. The Hall–Kier alpha value is -1.95. The third-order valence-corrected chi connectivity index (χ3v) is 3.23. The number of Topliss-reactive ketones (excluding diaryl/α,β-unsaturated/α-hetero) is 1. The zero-order chi connectivity index (χ0) is 11.9. The van der Waals surface area contributed by atoms with E-state index in [0.29, 0.717) is 12.8 Å². The molecule has 6 heteroatoms. The number of rotatable bonds is 2. The fraction of sp³-hybridized carbons (Fsp3) is 0.364. The standard InChI is InChI=1S/C11H12N4O2/c16-9-3-4-10(17)11(9,14-7-1-5-12-14)15-8-2-6-13-15/h1-2,5-9,16H,3-4H2. The molecule has 1 atom stereocenters. The molecule has 0 aliphatic heterocycles. The average Bonchev–Trinajstić information content (AvgIpc) is 3.01. The number of carbonyl (C=O) groups is 1. The lowest BCUT2D eigenvalue weighted by atomic mass is 10.1. The summed E-state index contributed by atoms with van der Waals surface area (Å²) in [6, 6.07) is 3.45. The van der Waals surface area contributed by atoms with Crippen molar-refractivity contribution in [3.8, 4) is 0 Å². The molecule has 0 amide bonds. The molecule has 0 spiro atoms. The van der Waals surface area contributed by atoms with E-state index >= 15 is 0 Å². The highest BCUT2D eigenvalue weighted by molar-refractivity contribution is 5.89. The Balaban J connectivity index is 2.24. The summed E-state index contributed by atoms with van der Waals surface area (Å²) < 4.78 is 2.97. The van der Waals surface area contributed by atoms with Gasteiger partial charge in [-0.25, -0.2) is 9.36 Å². The molecule has 0 saturated heterocycles. The van der Waals surface area contributed by atoms with Crippen LogP contribution in [-0.4, -0.2) is 36.6 Å². The van der Waals surface area contributed by atoms with Gasteiger partial charge in [-0.15, -0.1) is 0 Å². The molecule has 6 nitrogen and oxygen atoms in total. The van der Waals surface area contributed by atoms with E-state index in [1.54, 1.807) is 36.9 Å². The minimum Gasteiger partial charge on any atom is -0.388 e. The van der Waals surface area contributed by atoms with Gasteiger partial charge in [0.15, 0.2) is 5.78 Å². The number of hydrogen-bond acceptors (Lipinski definition) is 4. The van der Waals surface area contributed by atoms with Gasteiger partial charge in [-0.2, -0.15) is 10.2 Å². The van der Waals surface area contributed by atoms with Gasteiger partial charge < -0.3 is 5.11 Å². The molecule has 1 aliphatic carbocycles. The van der Waals surface area contributed by atoms with Crippen molar-refractivity contribution >= 4 is 5.78 Å². The Morgan fingerprint density at radius 3 is 2.18 bits per heavy atom. The first-order valence-electron chi connectivity index (χ1n) is 5.48. The largest absolute Gasteiger partial charge is 0.388 e. The predicted octanol–water partition coefficient (Wildman–Crippen LogP) is 0.00450. The Morgan fingerprint density at radius 1 is 1.24 bits per heavy atom. The van der Waals surface area contributed by atoms with Crippen LogP contribution in [0.1, 0.15) is 12.8 Å². The molecule has 17 heavy (non-hydrogen) atoms. The van der Waals surface area contributed by atoms with Crippen molar-refractivity contribution in [3.05, 3.63) is 36.9 Å². The van der Waals surface area contributed by atoms with Gasteiger partial charge in [-0.05, 0) is 18.6 Å². The van der Waals surface area contributed by atoms with Gasteiger partial charge in [0.25, 0.3) is 0 Å². The van der Waals surface area contributed by atoms with Crippen LogP contribution in [0.15, 0.2) is 36.9 Å². The van der Waals surface area contributed by atoms with E-state index in [0.717, 1.165) is 0 Å². The van der Waals surface area contributed by atoms with E-state index in [2.05, 4.69) is 10.2 Å². The highest BCUT2D eigenvalue weighted by Crippen LogP contribution is 2.34. The Kier molecular flexibility index (Phi) is 2.12. The lowest BCUT2D eigenvalue weighted by molar-refractivity contribution is -0.131. The van der Waals surface area contributed by atoms with E-state index in [4.69, 9.17) is 0 Å². The number of aliphatic hydroxyl groups excluding tert-OH is 1. The maximum Gasteiger partial charge on any atom is 0.237 e. The zero-order valence-corrected chi connectivity index (χ0v) is 9.10. The highest BCUT2D eigenvalue weighted by Gasteiger charge is 2.53. The minimum atomic E-state index is -1.22. The normalized spacial score (nSPS) is 23.1. The number of aromatic nitrogens is 4. The number of nitrogens with zero attached hydrogens (tertiary/aromatic N) is 4. The van der Waals surface area contributed by atoms with Crippen molar-refractivity contribution in [3.63, 3.8) is 0 Å². The SMILES string of the molecule is O=C1CCC(O)C1(n1cccn1)n1cccn1. The van der Waals surface area contributed by atoms with Gasteiger partial charge in [-0.1, -0.05) is 0 Å². The van der Waals surface area contributed by atoms with E-state index in [1.807, 2.05) is 0 Å². The number of hydrogen-bond donors (Lipinski definition) is 1. The Labute approximate surface area is 97.5 Å². The summed E-state index contributed by atoms with van der Waals surface area (Å²) in [4.78, 5) is 12.2. The topological polar surface area (TPSA) is 72.9 Å². The van der Waals surface area contributed by atoms with Crippen molar-refractivity contribution in [1.82, 2.24) is 19.6 Å². The first-order valence-corrected chi connectivity index (χ1v) is 5.48. The van der Waals surface area contributed by atoms with Crippen LogP contribution in [0.4, 0.5) is 0 Å². The summed E-state index contributed by atoms with van der Waals surface area (Å²) in [7, 11) is 0. The highest BCUT2D eigenvalue weighted by atomic mass is 16.3. The summed E-state index contributed by atoms with van der Waals surface area (Å²) >= 11 is 0.